The lowest BCUT2D eigenvalue weighted by Gasteiger charge is -2.11. The van der Waals surface area contributed by atoms with Gasteiger partial charge in [0, 0.05) is 5.56 Å². The maximum absolute atomic E-state index is 11.9. The SMILES string of the molecule is COc1cc(OC)nc(OCc2cccc(C=Cc3ccccc3)c2C(=O)O)n1. The summed E-state index contributed by atoms with van der Waals surface area (Å²) < 4.78 is 15.8. The van der Waals surface area contributed by atoms with Crippen LogP contribution in [0.5, 0.6) is 17.8 Å². The van der Waals surface area contributed by atoms with Gasteiger partial charge in [-0.15, -0.1) is 0 Å². The van der Waals surface area contributed by atoms with Crippen LogP contribution in [0.25, 0.3) is 12.2 Å². The standard InChI is InChI=1S/C22H20N2O5/c1-27-18-13-19(28-2)24-22(23-18)29-14-17-10-6-9-16(20(17)21(25)26)12-11-15-7-4-3-5-8-15/h3-13H,14H2,1-2H3,(H,25,26). The van der Waals surface area contributed by atoms with Gasteiger partial charge in [-0.2, -0.15) is 9.97 Å². The van der Waals surface area contributed by atoms with E-state index in [4.69, 9.17) is 14.2 Å². The molecule has 0 atom stereocenters. The highest BCUT2D eigenvalue weighted by Gasteiger charge is 2.15. The van der Waals surface area contributed by atoms with Gasteiger partial charge in [0.05, 0.1) is 25.8 Å². The minimum Gasteiger partial charge on any atom is -0.481 e. The molecule has 0 unspecified atom stereocenters. The molecule has 0 saturated carbocycles. The molecule has 0 aliphatic carbocycles. The smallest absolute Gasteiger partial charge is 0.336 e. The van der Waals surface area contributed by atoms with Gasteiger partial charge < -0.3 is 19.3 Å². The number of hydrogen-bond donors (Lipinski definition) is 1. The lowest BCUT2D eigenvalue weighted by Crippen LogP contribution is -2.09. The summed E-state index contributed by atoms with van der Waals surface area (Å²) in [4.78, 5) is 20.1. The molecule has 7 heteroatoms. The topological polar surface area (TPSA) is 90.8 Å². The first-order chi connectivity index (χ1) is 14.1. The van der Waals surface area contributed by atoms with Gasteiger partial charge in [0.2, 0.25) is 11.8 Å². The minimum atomic E-state index is -1.04. The maximum Gasteiger partial charge on any atom is 0.336 e. The first kappa shape index (κ1) is 19.9. The Bertz CT molecular complexity index is 997. The third-order valence-corrected chi connectivity index (χ3v) is 4.09. The molecule has 2 aromatic carbocycles. The number of nitrogens with zero attached hydrogens (tertiary/aromatic N) is 2. The molecular weight excluding hydrogens is 372 g/mol. The number of hydrogen-bond acceptors (Lipinski definition) is 6. The third-order valence-electron chi connectivity index (χ3n) is 4.09. The van der Waals surface area contributed by atoms with E-state index in [0.29, 0.717) is 11.1 Å². The highest BCUT2D eigenvalue weighted by molar-refractivity contribution is 5.95. The van der Waals surface area contributed by atoms with E-state index in [9.17, 15) is 9.90 Å². The summed E-state index contributed by atoms with van der Waals surface area (Å²) >= 11 is 0. The monoisotopic (exact) mass is 392 g/mol. The summed E-state index contributed by atoms with van der Waals surface area (Å²) in [6.45, 7) is -0.0228. The quantitative estimate of drug-likeness (QED) is 0.581. The molecule has 0 radical (unpaired) electrons. The molecule has 0 spiro atoms. The Labute approximate surface area is 168 Å². The van der Waals surface area contributed by atoms with Crippen molar-refractivity contribution in [2.24, 2.45) is 0 Å². The zero-order chi connectivity index (χ0) is 20.6. The number of carboxylic acids is 1. The predicted molar refractivity (Wildman–Crippen MR) is 108 cm³/mol. The van der Waals surface area contributed by atoms with E-state index >= 15 is 0 Å². The Balaban J connectivity index is 1.86. The van der Waals surface area contributed by atoms with E-state index in [1.165, 1.54) is 20.3 Å². The molecule has 0 aliphatic rings. The highest BCUT2D eigenvalue weighted by atomic mass is 16.5. The molecule has 148 valence electrons. The van der Waals surface area contributed by atoms with Crippen molar-refractivity contribution in [3.63, 3.8) is 0 Å². The van der Waals surface area contributed by atoms with Crippen molar-refractivity contribution in [3.05, 3.63) is 76.9 Å². The van der Waals surface area contributed by atoms with Crippen molar-refractivity contribution in [1.29, 1.82) is 0 Å². The normalized spacial score (nSPS) is 10.7. The Morgan fingerprint density at radius 1 is 0.966 bits per heavy atom. The molecule has 29 heavy (non-hydrogen) atoms. The summed E-state index contributed by atoms with van der Waals surface area (Å²) in [6.07, 6.45) is 3.63. The van der Waals surface area contributed by atoms with E-state index in [0.717, 1.165) is 5.56 Å². The van der Waals surface area contributed by atoms with Gasteiger partial charge in [-0.3, -0.25) is 0 Å². The van der Waals surface area contributed by atoms with Crippen molar-refractivity contribution >= 4 is 18.1 Å². The summed E-state index contributed by atoms with van der Waals surface area (Å²) in [6, 6.07) is 16.4. The van der Waals surface area contributed by atoms with Gasteiger partial charge in [0.25, 0.3) is 0 Å². The second kappa shape index (κ2) is 9.36. The van der Waals surface area contributed by atoms with Crippen molar-refractivity contribution in [1.82, 2.24) is 9.97 Å². The Hall–Kier alpha value is -3.87. The lowest BCUT2D eigenvalue weighted by molar-refractivity contribution is 0.0693. The fourth-order valence-electron chi connectivity index (χ4n) is 2.69. The second-order valence-corrected chi connectivity index (χ2v) is 5.95. The number of carbonyl (C=O) groups is 1. The fraction of sp³-hybridized carbons (Fsp3) is 0.136. The van der Waals surface area contributed by atoms with Crippen LogP contribution >= 0.6 is 0 Å². The molecule has 0 amide bonds. The van der Waals surface area contributed by atoms with Crippen LogP contribution in [-0.4, -0.2) is 35.3 Å². The van der Waals surface area contributed by atoms with Crippen molar-refractivity contribution in [2.75, 3.05) is 14.2 Å². The molecule has 1 heterocycles. The second-order valence-electron chi connectivity index (χ2n) is 5.95. The Kier molecular flexibility index (Phi) is 6.42. The largest absolute Gasteiger partial charge is 0.481 e. The Morgan fingerprint density at radius 3 is 2.28 bits per heavy atom. The van der Waals surface area contributed by atoms with Crippen LogP contribution in [0.3, 0.4) is 0 Å². The van der Waals surface area contributed by atoms with Gasteiger partial charge in [-0.25, -0.2) is 4.79 Å². The predicted octanol–water partition coefficient (Wildman–Crippen LogP) is 3.94. The number of ether oxygens (including phenoxy) is 3. The molecule has 0 aliphatic heterocycles. The zero-order valence-corrected chi connectivity index (χ0v) is 16.0. The summed E-state index contributed by atoms with van der Waals surface area (Å²) in [7, 11) is 2.94. The summed E-state index contributed by atoms with van der Waals surface area (Å²) in [5.74, 6) is -0.476. The molecule has 3 aromatic rings. The third kappa shape index (κ3) is 5.10. The van der Waals surface area contributed by atoms with Gasteiger partial charge in [0.1, 0.15) is 6.61 Å². The van der Waals surface area contributed by atoms with Crippen LogP contribution < -0.4 is 14.2 Å². The van der Waals surface area contributed by atoms with Crippen LogP contribution in [0.15, 0.2) is 54.6 Å². The first-order valence-corrected chi connectivity index (χ1v) is 8.79. The highest BCUT2D eigenvalue weighted by Crippen LogP contribution is 2.22. The first-order valence-electron chi connectivity index (χ1n) is 8.79. The van der Waals surface area contributed by atoms with Crippen LogP contribution in [0.1, 0.15) is 27.0 Å². The average Bonchev–Trinajstić information content (AvgIpc) is 2.76. The molecule has 0 bridgehead atoms. The molecular formula is C22H20N2O5. The van der Waals surface area contributed by atoms with Gasteiger partial charge in [0.15, 0.2) is 0 Å². The summed E-state index contributed by atoms with van der Waals surface area (Å²) in [5.41, 5.74) is 2.21. The number of benzene rings is 2. The zero-order valence-electron chi connectivity index (χ0n) is 16.0. The fourth-order valence-corrected chi connectivity index (χ4v) is 2.69. The number of aromatic carboxylic acids is 1. The number of aromatic nitrogens is 2. The average molecular weight is 392 g/mol. The molecule has 0 fully saturated rings. The molecule has 3 rings (SSSR count). The van der Waals surface area contributed by atoms with Crippen molar-refractivity contribution in [3.8, 4) is 17.8 Å². The lowest BCUT2D eigenvalue weighted by atomic mass is 10.0. The molecule has 7 nitrogen and oxygen atoms in total. The minimum absolute atomic E-state index is 0.0228. The van der Waals surface area contributed by atoms with Crippen molar-refractivity contribution in [2.45, 2.75) is 6.61 Å². The molecule has 1 N–H and O–H groups in total. The van der Waals surface area contributed by atoms with Gasteiger partial charge in [-0.1, -0.05) is 60.7 Å². The number of carboxylic acid groups (broad SMARTS) is 1. The maximum atomic E-state index is 11.9. The molecule has 0 saturated heterocycles. The van der Waals surface area contributed by atoms with E-state index in [1.807, 2.05) is 36.4 Å². The number of rotatable bonds is 8. The van der Waals surface area contributed by atoms with E-state index in [2.05, 4.69) is 9.97 Å². The van der Waals surface area contributed by atoms with Crippen LogP contribution in [0.4, 0.5) is 0 Å². The van der Waals surface area contributed by atoms with E-state index < -0.39 is 5.97 Å². The van der Waals surface area contributed by atoms with E-state index in [1.54, 1.807) is 24.3 Å². The van der Waals surface area contributed by atoms with Crippen LogP contribution in [-0.2, 0) is 6.61 Å². The van der Waals surface area contributed by atoms with Gasteiger partial charge >= 0.3 is 12.0 Å². The van der Waals surface area contributed by atoms with Crippen molar-refractivity contribution < 1.29 is 24.1 Å². The Morgan fingerprint density at radius 2 is 1.66 bits per heavy atom. The van der Waals surface area contributed by atoms with Crippen LogP contribution in [0.2, 0.25) is 0 Å². The number of methoxy groups -OCH3 is 2. The molecule has 1 aromatic heterocycles. The van der Waals surface area contributed by atoms with E-state index in [-0.39, 0.29) is 29.9 Å². The van der Waals surface area contributed by atoms with Crippen LogP contribution in [0, 0.1) is 0 Å². The summed E-state index contributed by atoms with van der Waals surface area (Å²) in [5, 5.41) is 9.74. The van der Waals surface area contributed by atoms with Gasteiger partial charge in [-0.05, 0) is 11.1 Å².